The molecule has 2 nitrogen and oxygen atoms in total. The van der Waals surface area contributed by atoms with E-state index in [0.717, 1.165) is 23.2 Å². The molecule has 2 rings (SSSR count). The Hall–Kier alpha value is -0.990. The van der Waals surface area contributed by atoms with Gasteiger partial charge in [0.15, 0.2) is 0 Å². The SMILES string of the molecule is CCC(C)C(N)c1cc2c(Cl)cccc2o1. The average molecular weight is 238 g/mol. The second-order valence-corrected chi connectivity index (χ2v) is 4.62. The van der Waals surface area contributed by atoms with Crippen LogP contribution in [0.1, 0.15) is 32.1 Å². The molecule has 86 valence electrons. The molecular formula is C13H16ClNO. The number of halogens is 1. The second-order valence-electron chi connectivity index (χ2n) is 4.21. The lowest BCUT2D eigenvalue weighted by Gasteiger charge is -2.15. The van der Waals surface area contributed by atoms with Crippen LogP contribution in [-0.2, 0) is 0 Å². The van der Waals surface area contributed by atoms with Gasteiger partial charge >= 0.3 is 0 Å². The third-order valence-corrected chi connectivity index (χ3v) is 3.44. The van der Waals surface area contributed by atoms with E-state index in [9.17, 15) is 0 Å². The number of nitrogens with two attached hydrogens (primary N) is 1. The number of fused-ring (bicyclic) bond motifs is 1. The van der Waals surface area contributed by atoms with Crippen molar-refractivity contribution in [3.8, 4) is 0 Å². The summed E-state index contributed by atoms with van der Waals surface area (Å²) in [5.41, 5.74) is 6.93. The van der Waals surface area contributed by atoms with Crippen molar-refractivity contribution >= 4 is 22.6 Å². The predicted molar refractivity (Wildman–Crippen MR) is 67.6 cm³/mol. The molecule has 0 aliphatic heterocycles. The molecule has 1 heterocycles. The lowest BCUT2D eigenvalue weighted by atomic mass is 9.98. The van der Waals surface area contributed by atoms with Gasteiger partial charge in [-0.1, -0.05) is 37.9 Å². The van der Waals surface area contributed by atoms with Crippen LogP contribution in [0.3, 0.4) is 0 Å². The summed E-state index contributed by atoms with van der Waals surface area (Å²) in [5, 5.41) is 1.65. The smallest absolute Gasteiger partial charge is 0.135 e. The molecule has 2 unspecified atom stereocenters. The van der Waals surface area contributed by atoms with Crippen molar-refractivity contribution in [1.82, 2.24) is 0 Å². The monoisotopic (exact) mass is 237 g/mol. The van der Waals surface area contributed by atoms with Crippen LogP contribution in [0.4, 0.5) is 0 Å². The molecule has 3 heteroatoms. The topological polar surface area (TPSA) is 39.2 Å². The number of benzene rings is 1. The van der Waals surface area contributed by atoms with Gasteiger partial charge < -0.3 is 10.2 Å². The van der Waals surface area contributed by atoms with Crippen LogP contribution in [0.15, 0.2) is 28.7 Å². The van der Waals surface area contributed by atoms with Crippen molar-refractivity contribution in [1.29, 1.82) is 0 Å². The Bertz CT molecular complexity index is 492. The lowest BCUT2D eigenvalue weighted by Crippen LogP contribution is -2.17. The maximum atomic E-state index is 6.13. The average Bonchev–Trinajstić information content (AvgIpc) is 2.72. The van der Waals surface area contributed by atoms with Gasteiger partial charge in [-0.25, -0.2) is 0 Å². The van der Waals surface area contributed by atoms with E-state index >= 15 is 0 Å². The van der Waals surface area contributed by atoms with Crippen LogP contribution in [0, 0.1) is 5.92 Å². The first-order valence-electron chi connectivity index (χ1n) is 5.57. The minimum atomic E-state index is -0.0616. The Labute approximate surface area is 100 Å². The highest BCUT2D eigenvalue weighted by molar-refractivity contribution is 6.35. The molecule has 2 atom stereocenters. The number of hydrogen-bond donors (Lipinski definition) is 1. The predicted octanol–water partition coefficient (Wildman–Crippen LogP) is 4.13. The quantitative estimate of drug-likeness (QED) is 0.872. The Kier molecular flexibility index (Phi) is 3.22. The summed E-state index contributed by atoms with van der Waals surface area (Å²) in [6.07, 6.45) is 1.03. The molecule has 2 aromatic rings. The summed E-state index contributed by atoms with van der Waals surface area (Å²) in [7, 11) is 0. The van der Waals surface area contributed by atoms with Crippen LogP contribution >= 0.6 is 11.6 Å². The number of furan rings is 1. The largest absolute Gasteiger partial charge is 0.459 e. The zero-order valence-corrected chi connectivity index (χ0v) is 10.3. The molecule has 16 heavy (non-hydrogen) atoms. The van der Waals surface area contributed by atoms with E-state index in [1.165, 1.54) is 0 Å². The summed E-state index contributed by atoms with van der Waals surface area (Å²) < 4.78 is 5.72. The number of rotatable bonds is 3. The standard InChI is InChI=1S/C13H16ClNO/c1-3-8(2)13(15)12-7-9-10(14)5-4-6-11(9)16-12/h4-8,13H,3,15H2,1-2H3. The fourth-order valence-corrected chi connectivity index (χ4v) is 1.96. The Morgan fingerprint density at radius 2 is 2.19 bits per heavy atom. The van der Waals surface area contributed by atoms with E-state index in [4.69, 9.17) is 21.8 Å². The maximum Gasteiger partial charge on any atom is 0.135 e. The van der Waals surface area contributed by atoms with Gasteiger partial charge in [0.05, 0.1) is 11.1 Å². The van der Waals surface area contributed by atoms with E-state index in [2.05, 4.69) is 13.8 Å². The highest BCUT2D eigenvalue weighted by Crippen LogP contribution is 2.31. The molecule has 0 saturated carbocycles. The van der Waals surface area contributed by atoms with E-state index in [1.807, 2.05) is 24.3 Å². The van der Waals surface area contributed by atoms with Gasteiger partial charge in [-0.05, 0) is 24.1 Å². The fourth-order valence-electron chi connectivity index (χ4n) is 1.74. The van der Waals surface area contributed by atoms with Crippen molar-refractivity contribution in [2.75, 3.05) is 0 Å². The van der Waals surface area contributed by atoms with Crippen LogP contribution in [0.25, 0.3) is 11.0 Å². The molecule has 0 saturated heterocycles. The minimum Gasteiger partial charge on any atom is -0.459 e. The third kappa shape index (κ3) is 1.95. The van der Waals surface area contributed by atoms with Gasteiger partial charge in [-0.15, -0.1) is 0 Å². The van der Waals surface area contributed by atoms with Gasteiger partial charge in [0.2, 0.25) is 0 Å². The van der Waals surface area contributed by atoms with Crippen molar-refractivity contribution in [3.05, 3.63) is 35.0 Å². The lowest BCUT2D eigenvalue weighted by molar-refractivity contribution is 0.388. The summed E-state index contributed by atoms with van der Waals surface area (Å²) in [5.74, 6) is 1.22. The first kappa shape index (κ1) is 11.5. The first-order chi connectivity index (χ1) is 7.63. The molecule has 0 aliphatic rings. The van der Waals surface area contributed by atoms with Gasteiger partial charge in [0, 0.05) is 5.39 Å². The Balaban J connectivity index is 2.43. The molecule has 0 amide bonds. The van der Waals surface area contributed by atoms with E-state index in [1.54, 1.807) is 0 Å². The van der Waals surface area contributed by atoms with Crippen molar-refractivity contribution < 1.29 is 4.42 Å². The zero-order chi connectivity index (χ0) is 11.7. The molecule has 1 aromatic carbocycles. The molecule has 0 spiro atoms. The summed E-state index contributed by atoms with van der Waals surface area (Å²) in [6, 6.07) is 7.54. The third-order valence-electron chi connectivity index (χ3n) is 3.11. The van der Waals surface area contributed by atoms with Crippen molar-refractivity contribution in [2.24, 2.45) is 11.7 Å². The molecular weight excluding hydrogens is 222 g/mol. The van der Waals surface area contributed by atoms with E-state index in [-0.39, 0.29) is 6.04 Å². The van der Waals surface area contributed by atoms with Gasteiger partial charge in [0.25, 0.3) is 0 Å². The zero-order valence-electron chi connectivity index (χ0n) is 9.53. The minimum absolute atomic E-state index is 0.0616. The van der Waals surface area contributed by atoms with Crippen LogP contribution in [0.2, 0.25) is 5.02 Å². The fraction of sp³-hybridized carbons (Fsp3) is 0.385. The molecule has 0 fully saturated rings. The van der Waals surface area contributed by atoms with Gasteiger partial charge in [-0.2, -0.15) is 0 Å². The highest BCUT2D eigenvalue weighted by Gasteiger charge is 2.18. The Morgan fingerprint density at radius 1 is 1.44 bits per heavy atom. The molecule has 0 aliphatic carbocycles. The van der Waals surface area contributed by atoms with E-state index in [0.29, 0.717) is 10.9 Å². The van der Waals surface area contributed by atoms with Crippen molar-refractivity contribution in [3.63, 3.8) is 0 Å². The van der Waals surface area contributed by atoms with Gasteiger partial charge in [0.1, 0.15) is 11.3 Å². The van der Waals surface area contributed by atoms with E-state index < -0.39 is 0 Å². The molecule has 2 N–H and O–H groups in total. The maximum absolute atomic E-state index is 6.13. The number of hydrogen-bond acceptors (Lipinski definition) is 2. The molecule has 0 radical (unpaired) electrons. The second kappa shape index (κ2) is 4.48. The summed E-state index contributed by atoms with van der Waals surface area (Å²) in [6.45, 7) is 4.25. The van der Waals surface area contributed by atoms with Gasteiger partial charge in [-0.3, -0.25) is 0 Å². The normalized spacial score (nSPS) is 15.2. The summed E-state index contributed by atoms with van der Waals surface area (Å²) >= 11 is 6.09. The molecule has 0 bridgehead atoms. The van der Waals surface area contributed by atoms with Crippen LogP contribution in [-0.4, -0.2) is 0 Å². The van der Waals surface area contributed by atoms with Crippen LogP contribution < -0.4 is 5.73 Å². The highest BCUT2D eigenvalue weighted by atomic mass is 35.5. The van der Waals surface area contributed by atoms with Crippen LogP contribution in [0.5, 0.6) is 0 Å². The van der Waals surface area contributed by atoms with Crippen molar-refractivity contribution in [2.45, 2.75) is 26.3 Å². The first-order valence-corrected chi connectivity index (χ1v) is 5.94. The molecule has 1 aromatic heterocycles. The summed E-state index contributed by atoms with van der Waals surface area (Å²) in [4.78, 5) is 0. The Morgan fingerprint density at radius 3 is 2.81 bits per heavy atom.